The second kappa shape index (κ2) is 6.71. The van der Waals surface area contributed by atoms with E-state index >= 15 is 0 Å². The number of aromatic nitrogens is 3. The fourth-order valence-electron chi connectivity index (χ4n) is 3.06. The van der Waals surface area contributed by atoms with Crippen LogP contribution >= 0.6 is 11.3 Å². The van der Waals surface area contributed by atoms with Crippen molar-refractivity contribution < 1.29 is 0 Å². The van der Waals surface area contributed by atoms with E-state index in [2.05, 4.69) is 28.4 Å². The zero-order chi connectivity index (χ0) is 14.7. The van der Waals surface area contributed by atoms with Crippen LogP contribution in [0.3, 0.4) is 0 Å². The maximum absolute atomic E-state index is 4.45. The highest BCUT2D eigenvalue weighted by atomic mass is 32.1. The standard InChI is InChI=1S/C16H24N4S/c1-3-8-20-16(18-11-19-20)10-13(17-2)15-9-12-6-4-5-7-14(12)21-15/h9,11,13,17H,3-8,10H2,1-2H3. The number of thiophene rings is 1. The summed E-state index contributed by atoms with van der Waals surface area (Å²) in [6, 6.07) is 2.77. The van der Waals surface area contributed by atoms with E-state index in [1.165, 1.54) is 30.6 Å². The van der Waals surface area contributed by atoms with Crippen molar-refractivity contribution in [2.75, 3.05) is 7.05 Å². The van der Waals surface area contributed by atoms with E-state index in [1.807, 2.05) is 23.1 Å². The van der Waals surface area contributed by atoms with Gasteiger partial charge in [-0.3, -0.25) is 4.68 Å². The van der Waals surface area contributed by atoms with Gasteiger partial charge in [-0.2, -0.15) is 5.10 Å². The highest BCUT2D eigenvalue weighted by Gasteiger charge is 2.20. The summed E-state index contributed by atoms with van der Waals surface area (Å²) in [4.78, 5) is 7.50. The first-order valence-corrected chi connectivity index (χ1v) is 8.79. The van der Waals surface area contributed by atoms with Crippen LogP contribution < -0.4 is 5.32 Å². The van der Waals surface area contributed by atoms with Crippen LogP contribution in [-0.4, -0.2) is 21.8 Å². The van der Waals surface area contributed by atoms with Gasteiger partial charge in [0.2, 0.25) is 0 Å². The summed E-state index contributed by atoms with van der Waals surface area (Å²) < 4.78 is 2.04. The molecule has 0 saturated heterocycles. The van der Waals surface area contributed by atoms with Gasteiger partial charge in [-0.05, 0) is 50.8 Å². The Morgan fingerprint density at radius 3 is 3.00 bits per heavy atom. The summed E-state index contributed by atoms with van der Waals surface area (Å²) >= 11 is 1.99. The molecule has 21 heavy (non-hydrogen) atoms. The number of rotatable bonds is 6. The number of hydrogen-bond donors (Lipinski definition) is 1. The molecular formula is C16H24N4S. The molecule has 0 bridgehead atoms. The summed E-state index contributed by atoms with van der Waals surface area (Å²) in [5.74, 6) is 1.09. The molecule has 1 atom stereocenters. The van der Waals surface area contributed by atoms with Crippen molar-refractivity contribution in [3.63, 3.8) is 0 Å². The van der Waals surface area contributed by atoms with Gasteiger partial charge < -0.3 is 5.32 Å². The van der Waals surface area contributed by atoms with Crippen molar-refractivity contribution in [2.45, 2.75) is 58.0 Å². The third kappa shape index (κ3) is 3.19. The first-order chi connectivity index (χ1) is 10.3. The molecule has 0 amide bonds. The Hall–Kier alpha value is -1.20. The van der Waals surface area contributed by atoms with Crippen LogP contribution in [0.1, 0.15) is 53.4 Å². The van der Waals surface area contributed by atoms with Gasteiger partial charge in [0.25, 0.3) is 0 Å². The van der Waals surface area contributed by atoms with E-state index in [1.54, 1.807) is 16.8 Å². The van der Waals surface area contributed by atoms with E-state index in [0.29, 0.717) is 6.04 Å². The molecule has 0 aliphatic heterocycles. The van der Waals surface area contributed by atoms with Crippen LogP contribution in [0.25, 0.3) is 0 Å². The van der Waals surface area contributed by atoms with Gasteiger partial charge in [0, 0.05) is 28.8 Å². The Kier molecular flexibility index (Phi) is 4.70. The van der Waals surface area contributed by atoms with E-state index in [4.69, 9.17) is 0 Å². The quantitative estimate of drug-likeness (QED) is 0.891. The minimum atomic E-state index is 0.348. The minimum Gasteiger partial charge on any atom is -0.312 e. The first kappa shape index (κ1) is 14.7. The maximum Gasteiger partial charge on any atom is 0.138 e. The molecule has 0 aromatic carbocycles. The summed E-state index contributed by atoms with van der Waals surface area (Å²) in [7, 11) is 2.05. The topological polar surface area (TPSA) is 42.7 Å². The average Bonchev–Trinajstić information content (AvgIpc) is 3.11. The lowest BCUT2D eigenvalue weighted by atomic mass is 9.98. The molecule has 0 fully saturated rings. The van der Waals surface area contributed by atoms with Gasteiger partial charge in [-0.25, -0.2) is 4.98 Å². The number of likely N-dealkylation sites (N-methyl/N-ethyl adjacent to an activating group) is 1. The number of hydrogen-bond acceptors (Lipinski definition) is 4. The first-order valence-electron chi connectivity index (χ1n) is 7.97. The van der Waals surface area contributed by atoms with Gasteiger partial charge in [0.05, 0.1) is 0 Å². The summed E-state index contributed by atoms with van der Waals surface area (Å²) in [5.41, 5.74) is 1.58. The number of aryl methyl sites for hydroxylation is 3. The Morgan fingerprint density at radius 1 is 1.38 bits per heavy atom. The lowest BCUT2D eigenvalue weighted by Crippen LogP contribution is -2.20. The second-order valence-electron chi connectivity index (χ2n) is 5.75. The molecule has 4 nitrogen and oxygen atoms in total. The summed E-state index contributed by atoms with van der Waals surface area (Å²) in [6.07, 6.45) is 8.90. The Balaban J connectivity index is 1.78. The molecule has 0 radical (unpaired) electrons. The van der Waals surface area contributed by atoms with Gasteiger partial charge in [0.1, 0.15) is 12.2 Å². The molecule has 3 rings (SSSR count). The highest BCUT2D eigenvalue weighted by molar-refractivity contribution is 7.12. The van der Waals surface area contributed by atoms with E-state index in [-0.39, 0.29) is 0 Å². The molecule has 0 saturated carbocycles. The molecular weight excluding hydrogens is 280 g/mol. The monoisotopic (exact) mass is 304 g/mol. The van der Waals surface area contributed by atoms with Crippen LogP contribution in [0.15, 0.2) is 12.4 Å². The van der Waals surface area contributed by atoms with Gasteiger partial charge in [-0.1, -0.05) is 6.92 Å². The van der Waals surface area contributed by atoms with Crippen molar-refractivity contribution in [2.24, 2.45) is 0 Å². The third-order valence-electron chi connectivity index (χ3n) is 4.23. The molecule has 1 aliphatic carbocycles. The molecule has 2 heterocycles. The zero-order valence-electron chi connectivity index (χ0n) is 12.9. The minimum absolute atomic E-state index is 0.348. The molecule has 1 unspecified atom stereocenters. The van der Waals surface area contributed by atoms with Crippen LogP contribution in [0.4, 0.5) is 0 Å². The van der Waals surface area contributed by atoms with Crippen molar-refractivity contribution in [1.82, 2.24) is 20.1 Å². The van der Waals surface area contributed by atoms with Crippen LogP contribution in [0.2, 0.25) is 0 Å². The molecule has 5 heteroatoms. The van der Waals surface area contributed by atoms with Crippen molar-refractivity contribution in [3.05, 3.63) is 33.5 Å². The van der Waals surface area contributed by atoms with Gasteiger partial charge in [0.15, 0.2) is 0 Å². The zero-order valence-corrected chi connectivity index (χ0v) is 13.7. The molecule has 2 aromatic heterocycles. The van der Waals surface area contributed by atoms with E-state index in [9.17, 15) is 0 Å². The summed E-state index contributed by atoms with van der Waals surface area (Å²) in [5, 5.41) is 7.80. The fourth-order valence-corrected chi connectivity index (χ4v) is 4.43. The van der Waals surface area contributed by atoms with Crippen LogP contribution in [-0.2, 0) is 25.8 Å². The molecule has 1 N–H and O–H groups in total. The van der Waals surface area contributed by atoms with E-state index in [0.717, 1.165) is 25.2 Å². The van der Waals surface area contributed by atoms with Crippen molar-refractivity contribution in [1.29, 1.82) is 0 Å². The lowest BCUT2D eigenvalue weighted by molar-refractivity contribution is 0.521. The largest absolute Gasteiger partial charge is 0.312 e. The molecule has 1 aliphatic rings. The van der Waals surface area contributed by atoms with Gasteiger partial charge in [-0.15, -0.1) is 11.3 Å². The lowest BCUT2D eigenvalue weighted by Gasteiger charge is -2.14. The number of nitrogens with one attached hydrogen (secondary N) is 1. The van der Waals surface area contributed by atoms with Crippen LogP contribution in [0, 0.1) is 0 Å². The average molecular weight is 304 g/mol. The predicted molar refractivity (Wildman–Crippen MR) is 86.8 cm³/mol. The second-order valence-corrected chi connectivity index (χ2v) is 6.92. The normalized spacial score (nSPS) is 15.9. The van der Waals surface area contributed by atoms with Gasteiger partial charge >= 0.3 is 0 Å². The fraction of sp³-hybridized carbons (Fsp3) is 0.625. The summed E-state index contributed by atoms with van der Waals surface area (Å²) in [6.45, 7) is 3.13. The number of nitrogens with zero attached hydrogens (tertiary/aromatic N) is 3. The van der Waals surface area contributed by atoms with E-state index < -0.39 is 0 Å². The molecule has 2 aromatic rings. The van der Waals surface area contributed by atoms with Crippen molar-refractivity contribution >= 4 is 11.3 Å². The Bertz CT molecular complexity index is 563. The highest BCUT2D eigenvalue weighted by Crippen LogP contribution is 2.33. The Labute approximate surface area is 130 Å². The SMILES string of the molecule is CCCn1ncnc1CC(NC)c1cc2c(s1)CCCC2. The smallest absolute Gasteiger partial charge is 0.138 e. The molecule has 0 spiro atoms. The molecule has 114 valence electrons. The van der Waals surface area contributed by atoms with Crippen molar-refractivity contribution in [3.8, 4) is 0 Å². The number of fused-ring (bicyclic) bond motifs is 1. The predicted octanol–water partition coefficient (Wildman–Crippen LogP) is 3.13. The third-order valence-corrected chi connectivity index (χ3v) is 5.58. The Morgan fingerprint density at radius 2 is 2.24 bits per heavy atom. The maximum atomic E-state index is 4.45. The van der Waals surface area contributed by atoms with Crippen LogP contribution in [0.5, 0.6) is 0 Å².